The van der Waals surface area contributed by atoms with Gasteiger partial charge in [-0.2, -0.15) is 0 Å². The van der Waals surface area contributed by atoms with Gasteiger partial charge in [-0.15, -0.1) is 0 Å². The van der Waals surface area contributed by atoms with Gasteiger partial charge in [0.1, 0.15) is 0 Å². The molecule has 0 spiro atoms. The monoisotopic (exact) mass is 261 g/mol. The molecule has 4 heteroatoms. The van der Waals surface area contributed by atoms with Gasteiger partial charge in [0.05, 0.1) is 5.25 Å². The average molecular weight is 261 g/mol. The van der Waals surface area contributed by atoms with Gasteiger partial charge in [0.15, 0.2) is 0 Å². The summed E-state index contributed by atoms with van der Waals surface area (Å²) in [7, 11) is 3.00. The first-order valence-electron chi connectivity index (χ1n) is 6.76. The molecule has 4 atom stereocenters. The van der Waals surface area contributed by atoms with E-state index < -0.39 is 10.8 Å². The van der Waals surface area contributed by atoms with E-state index in [1.165, 1.54) is 19.3 Å². The van der Waals surface area contributed by atoms with E-state index in [0.717, 1.165) is 31.1 Å². The molecule has 0 aromatic rings. The van der Waals surface area contributed by atoms with E-state index in [1.54, 1.807) is 7.11 Å². The van der Waals surface area contributed by atoms with Crippen LogP contribution in [-0.4, -0.2) is 42.0 Å². The number of ether oxygens (including phenoxy) is 1. The van der Waals surface area contributed by atoms with Crippen LogP contribution >= 0.6 is 0 Å². The lowest BCUT2D eigenvalue weighted by Crippen LogP contribution is -2.45. The van der Waals surface area contributed by atoms with Gasteiger partial charge in [-0.1, -0.05) is 13.3 Å². The molecular weight excluding hydrogens is 234 g/mol. The summed E-state index contributed by atoms with van der Waals surface area (Å²) in [6.07, 6.45) is 5.72. The minimum Gasteiger partial charge on any atom is -0.385 e. The minimum atomic E-state index is -0.703. The molecule has 1 saturated carbocycles. The van der Waals surface area contributed by atoms with Crippen LogP contribution in [0.25, 0.3) is 0 Å². The van der Waals surface area contributed by atoms with Crippen LogP contribution in [0.3, 0.4) is 0 Å². The summed E-state index contributed by atoms with van der Waals surface area (Å²) in [6, 6.07) is 0.446. The predicted molar refractivity (Wildman–Crippen MR) is 73.8 cm³/mol. The molecule has 1 rings (SSSR count). The number of rotatable bonds is 7. The molecule has 0 bridgehead atoms. The van der Waals surface area contributed by atoms with Crippen LogP contribution < -0.4 is 5.32 Å². The second kappa shape index (κ2) is 8.22. The molecule has 0 heterocycles. The highest BCUT2D eigenvalue weighted by Gasteiger charge is 2.32. The van der Waals surface area contributed by atoms with E-state index >= 15 is 0 Å². The van der Waals surface area contributed by atoms with Gasteiger partial charge in [0.2, 0.25) is 0 Å². The maximum Gasteiger partial charge on any atom is 0.0503 e. The Morgan fingerprint density at radius 1 is 1.41 bits per heavy atom. The van der Waals surface area contributed by atoms with Gasteiger partial charge in [-0.05, 0) is 38.6 Å². The summed E-state index contributed by atoms with van der Waals surface area (Å²) in [5, 5.41) is 3.69. The van der Waals surface area contributed by atoms with Gasteiger partial charge < -0.3 is 10.1 Å². The third kappa shape index (κ3) is 4.68. The maximum atomic E-state index is 12.3. The molecule has 0 aromatic heterocycles. The summed E-state index contributed by atoms with van der Waals surface area (Å²) in [6.45, 7) is 2.97. The summed E-state index contributed by atoms with van der Waals surface area (Å²) < 4.78 is 17.3. The summed E-state index contributed by atoms with van der Waals surface area (Å²) >= 11 is 0. The zero-order valence-corrected chi connectivity index (χ0v) is 12.2. The highest BCUT2D eigenvalue weighted by atomic mass is 32.2. The summed E-state index contributed by atoms with van der Waals surface area (Å²) in [5.41, 5.74) is 0. The first kappa shape index (κ1) is 15.1. The molecule has 0 aliphatic heterocycles. The van der Waals surface area contributed by atoms with Crippen molar-refractivity contribution >= 4 is 10.8 Å². The molecular formula is C13H27NO2S. The van der Waals surface area contributed by atoms with E-state index in [1.807, 2.05) is 7.05 Å². The Kier molecular flexibility index (Phi) is 7.32. The van der Waals surface area contributed by atoms with E-state index in [2.05, 4.69) is 12.2 Å². The van der Waals surface area contributed by atoms with Crippen LogP contribution in [0.5, 0.6) is 0 Å². The highest BCUT2D eigenvalue weighted by Crippen LogP contribution is 2.30. The van der Waals surface area contributed by atoms with Gasteiger partial charge in [0, 0.05) is 36.3 Å². The van der Waals surface area contributed by atoms with Gasteiger partial charge in [-0.25, -0.2) is 0 Å². The third-order valence-electron chi connectivity index (χ3n) is 3.88. The normalized spacial score (nSPS) is 31.4. The zero-order chi connectivity index (χ0) is 12.7. The van der Waals surface area contributed by atoms with Crippen molar-refractivity contribution in [3.05, 3.63) is 0 Å². The molecule has 1 aliphatic carbocycles. The lowest BCUT2D eigenvalue weighted by molar-refractivity contribution is 0.199. The van der Waals surface area contributed by atoms with Crippen molar-refractivity contribution in [1.82, 2.24) is 5.32 Å². The van der Waals surface area contributed by atoms with Gasteiger partial charge >= 0.3 is 0 Å². The Morgan fingerprint density at radius 3 is 2.76 bits per heavy atom. The topological polar surface area (TPSA) is 38.3 Å². The lowest BCUT2D eigenvalue weighted by Gasteiger charge is -2.35. The smallest absolute Gasteiger partial charge is 0.0503 e. The molecule has 0 saturated heterocycles. The first-order valence-corrected chi connectivity index (χ1v) is 8.14. The average Bonchev–Trinajstić information content (AvgIpc) is 2.38. The van der Waals surface area contributed by atoms with E-state index in [-0.39, 0.29) is 0 Å². The lowest BCUT2D eigenvalue weighted by atomic mass is 9.84. The Morgan fingerprint density at radius 2 is 2.18 bits per heavy atom. The van der Waals surface area contributed by atoms with Crippen molar-refractivity contribution in [1.29, 1.82) is 0 Å². The van der Waals surface area contributed by atoms with Crippen molar-refractivity contribution < 1.29 is 8.95 Å². The zero-order valence-electron chi connectivity index (χ0n) is 11.4. The molecule has 3 nitrogen and oxygen atoms in total. The molecule has 0 amide bonds. The van der Waals surface area contributed by atoms with E-state index in [9.17, 15) is 4.21 Å². The number of methoxy groups -OCH3 is 1. The quantitative estimate of drug-likeness (QED) is 0.712. The van der Waals surface area contributed by atoms with Crippen LogP contribution in [0.4, 0.5) is 0 Å². The minimum absolute atomic E-state index is 0.343. The second-order valence-corrected chi connectivity index (χ2v) is 6.73. The highest BCUT2D eigenvalue weighted by molar-refractivity contribution is 7.85. The number of hydrogen-bond acceptors (Lipinski definition) is 3. The van der Waals surface area contributed by atoms with Crippen LogP contribution in [-0.2, 0) is 15.5 Å². The molecule has 1 fully saturated rings. The number of nitrogens with one attached hydrogen (secondary N) is 1. The van der Waals surface area contributed by atoms with Gasteiger partial charge in [-0.3, -0.25) is 4.21 Å². The Labute approximate surface area is 108 Å². The standard InChI is InChI=1S/C13H27NO2S/c1-4-11-6-7-12(14-2)13(10-11)17(15)9-5-8-16-3/h11-14H,4-10H2,1-3H3. The molecule has 102 valence electrons. The fourth-order valence-electron chi connectivity index (χ4n) is 2.70. The van der Waals surface area contributed by atoms with Crippen LogP contribution in [0.15, 0.2) is 0 Å². The fraction of sp³-hybridized carbons (Fsp3) is 1.00. The SMILES string of the molecule is CCC1CCC(NC)C(S(=O)CCCOC)C1. The summed E-state index contributed by atoms with van der Waals surface area (Å²) in [4.78, 5) is 0. The molecule has 1 N–H and O–H groups in total. The van der Waals surface area contributed by atoms with Crippen LogP contribution in [0.2, 0.25) is 0 Å². The molecule has 0 radical (unpaired) electrons. The largest absolute Gasteiger partial charge is 0.385 e. The van der Waals surface area contributed by atoms with Crippen LogP contribution in [0, 0.1) is 5.92 Å². The van der Waals surface area contributed by atoms with Gasteiger partial charge in [0.25, 0.3) is 0 Å². The Bertz CT molecular complexity index is 235. The fourth-order valence-corrected chi connectivity index (χ4v) is 4.53. The Hall–Kier alpha value is 0.0700. The Balaban J connectivity index is 2.47. The van der Waals surface area contributed by atoms with E-state index in [0.29, 0.717) is 11.3 Å². The molecule has 1 aliphatic rings. The predicted octanol–water partition coefficient (Wildman–Crippen LogP) is 1.94. The second-order valence-electron chi connectivity index (χ2n) is 4.95. The molecule has 4 unspecified atom stereocenters. The van der Waals surface area contributed by atoms with Crippen molar-refractivity contribution in [3.8, 4) is 0 Å². The third-order valence-corrected chi connectivity index (χ3v) is 5.77. The van der Waals surface area contributed by atoms with Crippen LogP contribution in [0.1, 0.15) is 39.0 Å². The molecule has 17 heavy (non-hydrogen) atoms. The van der Waals surface area contributed by atoms with Crippen molar-refractivity contribution in [2.75, 3.05) is 26.5 Å². The molecule has 0 aromatic carbocycles. The summed E-state index contributed by atoms with van der Waals surface area (Å²) in [5.74, 6) is 1.56. The maximum absolute atomic E-state index is 12.3. The van der Waals surface area contributed by atoms with Crippen molar-refractivity contribution in [3.63, 3.8) is 0 Å². The van der Waals surface area contributed by atoms with Crippen molar-refractivity contribution in [2.45, 2.75) is 50.3 Å². The first-order chi connectivity index (χ1) is 8.22. The van der Waals surface area contributed by atoms with E-state index in [4.69, 9.17) is 4.74 Å². The van der Waals surface area contributed by atoms with Crippen molar-refractivity contribution in [2.24, 2.45) is 5.92 Å². The number of hydrogen-bond donors (Lipinski definition) is 1.